The highest BCUT2D eigenvalue weighted by atomic mass is 16.6. The Morgan fingerprint density at radius 3 is 2.43 bits per heavy atom. The normalized spacial score (nSPS) is 32.9. The van der Waals surface area contributed by atoms with Gasteiger partial charge in [0, 0.05) is 25.2 Å². The Labute approximate surface area is 222 Å². The van der Waals surface area contributed by atoms with Crippen LogP contribution in [0.3, 0.4) is 0 Å². The number of carbonyl (C=O) groups excluding carboxylic acids is 3. The molecule has 2 bridgehead atoms. The zero-order valence-electron chi connectivity index (χ0n) is 23.7. The number of hydrogen-bond acceptors (Lipinski definition) is 6. The zero-order valence-corrected chi connectivity index (χ0v) is 23.7. The monoisotopic (exact) mass is 518 g/mol. The summed E-state index contributed by atoms with van der Waals surface area (Å²) in [5.41, 5.74) is -2.65. The van der Waals surface area contributed by atoms with Gasteiger partial charge in [-0.2, -0.15) is 0 Å². The first kappa shape index (κ1) is 29.4. The number of rotatable bonds is 11. The van der Waals surface area contributed by atoms with Crippen molar-refractivity contribution in [1.29, 1.82) is 0 Å². The first-order valence-electron chi connectivity index (χ1n) is 13.4. The van der Waals surface area contributed by atoms with Crippen LogP contribution in [0.1, 0.15) is 67.7 Å². The van der Waals surface area contributed by atoms with Crippen molar-refractivity contribution in [2.75, 3.05) is 26.3 Å². The second-order valence-corrected chi connectivity index (χ2v) is 13.0. The van der Waals surface area contributed by atoms with E-state index in [1.807, 2.05) is 27.7 Å². The molecule has 8 heteroatoms. The topological polar surface area (TPSA) is 96.4 Å². The van der Waals surface area contributed by atoms with Crippen LogP contribution in [0, 0.1) is 23.2 Å². The molecule has 3 aliphatic heterocycles. The third kappa shape index (κ3) is 4.87. The molecule has 1 N–H and O–H groups in total. The molecule has 0 radical (unpaired) electrons. The molecule has 37 heavy (non-hydrogen) atoms. The van der Waals surface area contributed by atoms with Gasteiger partial charge in [-0.3, -0.25) is 14.4 Å². The van der Waals surface area contributed by atoms with Crippen molar-refractivity contribution >= 4 is 17.8 Å². The van der Waals surface area contributed by atoms with Crippen LogP contribution in [0.4, 0.5) is 0 Å². The molecule has 8 nitrogen and oxygen atoms in total. The lowest BCUT2D eigenvalue weighted by Crippen LogP contribution is -2.61. The Morgan fingerprint density at radius 2 is 1.89 bits per heavy atom. The van der Waals surface area contributed by atoms with Gasteiger partial charge in [0.05, 0.1) is 11.5 Å². The molecule has 1 spiro atoms. The Balaban J connectivity index is 2.12. The highest BCUT2D eigenvalue weighted by Gasteiger charge is 2.80. The van der Waals surface area contributed by atoms with Gasteiger partial charge in [0.1, 0.15) is 24.2 Å². The van der Waals surface area contributed by atoms with Gasteiger partial charge in [0.15, 0.2) is 0 Å². The van der Waals surface area contributed by atoms with E-state index in [1.165, 1.54) is 6.08 Å². The molecule has 3 saturated heterocycles. The van der Waals surface area contributed by atoms with Crippen LogP contribution >= 0.6 is 0 Å². The van der Waals surface area contributed by atoms with E-state index in [0.29, 0.717) is 19.4 Å². The highest BCUT2D eigenvalue weighted by Crippen LogP contribution is 2.65. The van der Waals surface area contributed by atoms with Crippen LogP contribution in [-0.2, 0) is 23.9 Å². The molecule has 3 aliphatic rings. The Kier molecular flexibility index (Phi) is 8.08. The molecule has 0 aliphatic carbocycles. The van der Waals surface area contributed by atoms with E-state index in [4.69, 9.17) is 9.47 Å². The summed E-state index contributed by atoms with van der Waals surface area (Å²) in [6.07, 6.45) is 4.74. The quantitative estimate of drug-likeness (QED) is 0.333. The average Bonchev–Trinajstić information content (AvgIpc) is 3.29. The number of carbonyl (C=O) groups is 3. The molecule has 208 valence electrons. The average molecular weight is 519 g/mol. The minimum absolute atomic E-state index is 0.0401. The third-order valence-corrected chi connectivity index (χ3v) is 8.47. The van der Waals surface area contributed by atoms with Gasteiger partial charge < -0.3 is 24.4 Å². The van der Waals surface area contributed by atoms with Crippen molar-refractivity contribution in [3.05, 3.63) is 25.3 Å². The zero-order chi connectivity index (χ0) is 28.0. The number of aliphatic hydroxyl groups is 1. The number of likely N-dealkylation sites (tertiary alicyclic amines) is 1. The molecule has 3 unspecified atom stereocenters. The van der Waals surface area contributed by atoms with E-state index in [2.05, 4.69) is 33.9 Å². The van der Waals surface area contributed by atoms with Crippen molar-refractivity contribution in [2.24, 2.45) is 23.2 Å². The standard InChI is InChI=1S/C29H46N2O6/c1-10-13-31(27(7,8)18-26(4,5)6)24(34)22-29-17-19(3)28(9,37-29)21(25(35)36-16-11-2)20(29)23(33)30(22)14-12-15-32/h10-11,19-22,32H,1-2,12-18H2,3-9H3/t19?,20-,21-,22?,28+,29?/m0/s1. The fourth-order valence-electron chi connectivity index (χ4n) is 7.39. The van der Waals surface area contributed by atoms with Gasteiger partial charge in [-0.25, -0.2) is 0 Å². The van der Waals surface area contributed by atoms with E-state index in [0.717, 1.165) is 6.42 Å². The number of fused-ring (bicyclic) bond motifs is 1. The molecule has 3 heterocycles. The molecule has 0 aromatic carbocycles. The molecule has 3 rings (SSSR count). The Hall–Kier alpha value is -2.19. The predicted octanol–water partition coefficient (Wildman–Crippen LogP) is 3.34. The maximum Gasteiger partial charge on any atom is 0.313 e. The highest BCUT2D eigenvalue weighted by molar-refractivity contribution is 5.98. The van der Waals surface area contributed by atoms with Gasteiger partial charge in [0.25, 0.3) is 0 Å². The SMILES string of the molecule is C=CCOC(=O)[C@@H]1[C@H]2C(=O)N(CCCO)C(C(=O)N(CC=C)C(C)(C)CC(C)(C)C)C23CC(C)[C@@]1(C)O3. The lowest BCUT2D eigenvalue weighted by molar-refractivity contribution is -0.162. The third-order valence-electron chi connectivity index (χ3n) is 8.47. The van der Waals surface area contributed by atoms with Crippen LogP contribution in [0.15, 0.2) is 25.3 Å². The predicted molar refractivity (Wildman–Crippen MR) is 141 cm³/mol. The number of aliphatic hydroxyl groups excluding tert-OH is 1. The molecule has 3 fully saturated rings. The molecule has 0 aromatic rings. The lowest BCUT2D eigenvalue weighted by atomic mass is 9.62. The first-order valence-corrected chi connectivity index (χ1v) is 13.4. The molecule has 6 atom stereocenters. The summed E-state index contributed by atoms with van der Waals surface area (Å²) in [6.45, 7) is 22.3. The van der Waals surface area contributed by atoms with Crippen LogP contribution < -0.4 is 0 Å². The van der Waals surface area contributed by atoms with Gasteiger partial charge in [-0.1, -0.05) is 46.4 Å². The van der Waals surface area contributed by atoms with E-state index in [9.17, 15) is 19.5 Å². The second kappa shape index (κ2) is 10.2. The maximum atomic E-state index is 14.6. The summed E-state index contributed by atoms with van der Waals surface area (Å²) in [7, 11) is 0. The number of amides is 2. The minimum Gasteiger partial charge on any atom is -0.461 e. The molecule has 2 amide bonds. The maximum absolute atomic E-state index is 14.6. The Morgan fingerprint density at radius 1 is 1.24 bits per heavy atom. The van der Waals surface area contributed by atoms with E-state index in [1.54, 1.807) is 15.9 Å². The summed E-state index contributed by atoms with van der Waals surface area (Å²) >= 11 is 0. The molecule has 0 aromatic heterocycles. The summed E-state index contributed by atoms with van der Waals surface area (Å²) in [5, 5.41) is 9.58. The summed E-state index contributed by atoms with van der Waals surface area (Å²) in [6, 6.07) is -0.905. The molecular weight excluding hydrogens is 472 g/mol. The van der Waals surface area contributed by atoms with Crippen molar-refractivity contribution < 1.29 is 29.0 Å². The second-order valence-electron chi connectivity index (χ2n) is 13.0. The fraction of sp³-hybridized carbons (Fsp3) is 0.759. The smallest absolute Gasteiger partial charge is 0.313 e. The summed E-state index contributed by atoms with van der Waals surface area (Å²) < 4.78 is 12.2. The fourth-order valence-corrected chi connectivity index (χ4v) is 7.39. The summed E-state index contributed by atoms with van der Waals surface area (Å²) in [4.78, 5) is 45.3. The molecular formula is C29H46N2O6. The largest absolute Gasteiger partial charge is 0.461 e. The van der Waals surface area contributed by atoms with Crippen LogP contribution in [0.5, 0.6) is 0 Å². The van der Waals surface area contributed by atoms with Crippen LogP contribution in [-0.4, -0.2) is 81.8 Å². The van der Waals surface area contributed by atoms with Crippen molar-refractivity contribution in [3.63, 3.8) is 0 Å². The number of hydrogen-bond donors (Lipinski definition) is 1. The first-order chi connectivity index (χ1) is 17.1. The van der Waals surface area contributed by atoms with Crippen molar-refractivity contribution in [3.8, 4) is 0 Å². The van der Waals surface area contributed by atoms with Gasteiger partial charge in [-0.05, 0) is 51.4 Å². The van der Waals surface area contributed by atoms with E-state index < -0.39 is 40.6 Å². The van der Waals surface area contributed by atoms with Gasteiger partial charge in [0.2, 0.25) is 11.8 Å². The number of ether oxygens (including phenoxy) is 2. The minimum atomic E-state index is -1.15. The summed E-state index contributed by atoms with van der Waals surface area (Å²) in [5.74, 6) is -2.71. The van der Waals surface area contributed by atoms with E-state index in [-0.39, 0.29) is 42.9 Å². The Bertz CT molecular complexity index is 939. The van der Waals surface area contributed by atoms with E-state index >= 15 is 0 Å². The van der Waals surface area contributed by atoms with Crippen LogP contribution in [0.2, 0.25) is 0 Å². The van der Waals surface area contributed by atoms with Crippen LogP contribution in [0.25, 0.3) is 0 Å². The van der Waals surface area contributed by atoms with Crippen molar-refractivity contribution in [1.82, 2.24) is 9.80 Å². The molecule has 0 saturated carbocycles. The van der Waals surface area contributed by atoms with Gasteiger partial charge in [-0.15, -0.1) is 6.58 Å². The number of esters is 1. The number of nitrogens with zero attached hydrogens (tertiary/aromatic N) is 2. The van der Waals surface area contributed by atoms with Crippen molar-refractivity contribution in [2.45, 2.75) is 90.5 Å². The van der Waals surface area contributed by atoms with Gasteiger partial charge >= 0.3 is 5.97 Å². The lowest BCUT2D eigenvalue weighted by Gasteiger charge is -2.45.